The van der Waals surface area contributed by atoms with Crippen LogP contribution in [0, 0.1) is 12.7 Å². The van der Waals surface area contributed by atoms with Crippen LogP contribution in [0.5, 0.6) is 0 Å². The van der Waals surface area contributed by atoms with Crippen LogP contribution >= 0.6 is 0 Å². The number of nitrogens with two attached hydrogens (primary N) is 1. The number of aryl methyl sites for hydroxylation is 1. The zero-order valence-corrected chi connectivity index (χ0v) is 18.5. The van der Waals surface area contributed by atoms with Crippen LogP contribution in [0.4, 0.5) is 26.5 Å². The van der Waals surface area contributed by atoms with Crippen LogP contribution in [0.25, 0.3) is 5.69 Å². The number of pyridine rings is 2. The highest BCUT2D eigenvalue weighted by molar-refractivity contribution is 5.98. The first-order valence-corrected chi connectivity index (χ1v) is 10.8. The van der Waals surface area contributed by atoms with Crippen molar-refractivity contribution in [1.29, 1.82) is 0 Å². The van der Waals surface area contributed by atoms with Gasteiger partial charge < -0.3 is 26.8 Å². The molecule has 1 saturated carbocycles. The predicted molar refractivity (Wildman–Crippen MR) is 123 cm³/mol. The van der Waals surface area contributed by atoms with Crippen LogP contribution in [0.3, 0.4) is 0 Å². The van der Waals surface area contributed by atoms with E-state index in [0.29, 0.717) is 24.2 Å². The molecule has 0 unspecified atom stereocenters. The number of aromatic nitrogens is 4. The van der Waals surface area contributed by atoms with Gasteiger partial charge in [-0.15, -0.1) is 0 Å². The van der Waals surface area contributed by atoms with Gasteiger partial charge in [-0.1, -0.05) is 12.8 Å². The molecule has 0 bridgehead atoms. The fourth-order valence-corrected chi connectivity index (χ4v) is 4.00. The number of carbonyl (C=O) groups is 2. The Hall–Kier alpha value is -4.22. The molecule has 12 heteroatoms. The minimum atomic E-state index is -1.14. The molecule has 1 fully saturated rings. The summed E-state index contributed by atoms with van der Waals surface area (Å²) in [4.78, 5) is 31.6. The highest BCUT2D eigenvalue weighted by Crippen LogP contribution is 2.27. The molecule has 1 aliphatic carbocycles. The predicted octanol–water partition coefficient (Wildman–Crippen LogP) is 2.94. The van der Waals surface area contributed by atoms with Gasteiger partial charge in [-0.05, 0) is 37.5 Å². The third-order valence-electron chi connectivity index (χ3n) is 5.60. The zero-order valence-electron chi connectivity index (χ0n) is 18.5. The van der Waals surface area contributed by atoms with Crippen LogP contribution in [0.1, 0.15) is 41.6 Å². The number of halogens is 1. The van der Waals surface area contributed by atoms with Crippen molar-refractivity contribution in [3.05, 3.63) is 53.9 Å². The maximum Gasteiger partial charge on any atom is 0.404 e. The van der Waals surface area contributed by atoms with E-state index in [0.717, 1.165) is 24.5 Å². The number of hydrogen-bond donors (Lipinski definition) is 5. The second-order valence-electron chi connectivity index (χ2n) is 8.19. The molecule has 2 atom stereocenters. The molecular weight excluding hydrogens is 443 g/mol. The molecule has 0 saturated heterocycles. The molecule has 2 amide bonds. The molecule has 3 aromatic heterocycles. The number of carbonyl (C=O) groups excluding carboxylic acids is 1. The number of primary amides is 1. The van der Waals surface area contributed by atoms with Gasteiger partial charge in [-0.3, -0.25) is 9.78 Å². The first-order valence-electron chi connectivity index (χ1n) is 10.8. The SMILES string of the molecule is Cc1cnn(-c2cncc(Nc3nc(N[C@@H]4CCCC[C@@H]4NC(=O)O)c(F)cc3C(N)=O)c2)c1. The summed E-state index contributed by atoms with van der Waals surface area (Å²) < 4.78 is 16.5. The topological polar surface area (TPSA) is 160 Å². The lowest BCUT2D eigenvalue weighted by Crippen LogP contribution is -2.48. The Bertz CT molecular complexity index is 1210. The summed E-state index contributed by atoms with van der Waals surface area (Å²) in [5.41, 5.74) is 7.46. The minimum Gasteiger partial charge on any atom is -0.465 e. The van der Waals surface area contributed by atoms with E-state index in [-0.39, 0.29) is 23.2 Å². The Morgan fingerprint density at radius 3 is 2.59 bits per heavy atom. The lowest BCUT2D eigenvalue weighted by Gasteiger charge is -2.32. The average Bonchev–Trinajstić information content (AvgIpc) is 3.23. The highest BCUT2D eigenvalue weighted by atomic mass is 19.1. The van der Waals surface area contributed by atoms with E-state index >= 15 is 0 Å². The Morgan fingerprint density at radius 2 is 1.91 bits per heavy atom. The summed E-state index contributed by atoms with van der Waals surface area (Å²) >= 11 is 0. The van der Waals surface area contributed by atoms with Crippen LogP contribution in [-0.4, -0.2) is 48.9 Å². The second kappa shape index (κ2) is 9.73. The first kappa shape index (κ1) is 23.0. The van der Waals surface area contributed by atoms with Crippen molar-refractivity contribution in [2.45, 2.75) is 44.7 Å². The fraction of sp³-hybridized carbons (Fsp3) is 0.318. The molecule has 4 rings (SSSR count). The molecule has 0 aliphatic heterocycles. The summed E-state index contributed by atoms with van der Waals surface area (Å²) in [5, 5.41) is 21.8. The van der Waals surface area contributed by atoms with Gasteiger partial charge in [-0.2, -0.15) is 5.10 Å². The summed E-state index contributed by atoms with van der Waals surface area (Å²) in [6, 6.07) is 2.01. The third-order valence-corrected chi connectivity index (χ3v) is 5.60. The summed E-state index contributed by atoms with van der Waals surface area (Å²) in [6.45, 7) is 1.91. The van der Waals surface area contributed by atoms with E-state index in [1.54, 1.807) is 23.1 Å². The maximum absolute atomic E-state index is 14.8. The number of carboxylic acid groups (broad SMARTS) is 1. The fourth-order valence-electron chi connectivity index (χ4n) is 4.00. The smallest absolute Gasteiger partial charge is 0.404 e. The quantitative estimate of drug-likeness (QED) is 0.354. The van der Waals surface area contributed by atoms with Gasteiger partial charge in [0, 0.05) is 12.2 Å². The van der Waals surface area contributed by atoms with Crippen LogP contribution < -0.4 is 21.7 Å². The van der Waals surface area contributed by atoms with E-state index in [9.17, 15) is 14.0 Å². The van der Waals surface area contributed by atoms with Crippen LogP contribution in [-0.2, 0) is 0 Å². The van der Waals surface area contributed by atoms with Crippen molar-refractivity contribution in [3.8, 4) is 5.69 Å². The maximum atomic E-state index is 14.8. The minimum absolute atomic E-state index is 0.0468. The Balaban J connectivity index is 1.63. The van der Waals surface area contributed by atoms with Crippen molar-refractivity contribution < 1.29 is 19.1 Å². The monoisotopic (exact) mass is 468 g/mol. The molecule has 0 spiro atoms. The molecule has 6 N–H and O–H groups in total. The first-order chi connectivity index (χ1) is 16.3. The van der Waals surface area contributed by atoms with Crippen molar-refractivity contribution >= 4 is 29.3 Å². The lowest BCUT2D eigenvalue weighted by atomic mass is 9.90. The molecule has 0 aromatic carbocycles. The van der Waals surface area contributed by atoms with E-state index < -0.39 is 23.9 Å². The molecule has 3 aromatic rings. The van der Waals surface area contributed by atoms with Gasteiger partial charge >= 0.3 is 6.09 Å². The molecule has 11 nitrogen and oxygen atoms in total. The standard InChI is InChI=1S/C22H25FN8O3/c1-12-8-26-31(11-12)14-6-13(9-25-10-14)27-20-15(19(24)32)7-16(23)21(30-20)28-17-4-2-3-5-18(17)29-22(33)34/h6-11,17-18,29H,2-5H2,1H3,(H2,24,32)(H,33,34)(H2,27,28,30)/t17-,18+/m1/s1. The zero-order chi connectivity index (χ0) is 24.2. The van der Waals surface area contributed by atoms with Crippen molar-refractivity contribution in [1.82, 2.24) is 25.1 Å². The molecular formula is C22H25FN8O3. The van der Waals surface area contributed by atoms with Gasteiger partial charge in [-0.25, -0.2) is 18.9 Å². The number of amides is 2. The number of nitrogens with zero attached hydrogens (tertiary/aromatic N) is 4. The molecule has 0 radical (unpaired) electrons. The Kier molecular flexibility index (Phi) is 6.57. The normalized spacial score (nSPS) is 17.7. The summed E-state index contributed by atoms with van der Waals surface area (Å²) in [6.07, 6.45) is 8.55. The summed E-state index contributed by atoms with van der Waals surface area (Å²) in [5.74, 6) is -1.68. The van der Waals surface area contributed by atoms with Gasteiger partial charge in [0.05, 0.1) is 41.6 Å². The highest BCUT2D eigenvalue weighted by Gasteiger charge is 2.28. The summed E-state index contributed by atoms with van der Waals surface area (Å²) in [7, 11) is 0. The van der Waals surface area contributed by atoms with Gasteiger partial charge in [0.25, 0.3) is 5.91 Å². The van der Waals surface area contributed by atoms with Crippen molar-refractivity contribution in [3.63, 3.8) is 0 Å². The van der Waals surface area contributed by atoms with Gasteiger partial charge in [0.1, 0.15) is 5.82 Å². The Labute approximate surface area is 194 Å². The molecule has 3 heterocycles. The number of anilines is 3. The lowest BCUT2D eigenvalue weighted by molar-refractivity contribution is 0.1000. The van der Waals surface area contributed by atoms with Gasteiger partial charge in [0.2, 0.25) is 0 Å². The number of hydrogen-bond acceptors (Lipinski definition) is 7. The van der Waals surface area contributed by atoms with E-state index in [4.69, 9.17) is 10.8 Å². The third kappa shape index (κ3) is 5.22. The van der Waals surface area contributed by atoms with Crippen molar-refractivity contribution in [2.75, 3.05) is 10.6 Å². The molecule has 1 aliphatic rings. The average molecular weight is 468 g/mol. The van der Waals surface area contributed by atoms with E-state index in [1.807, 2.05) is 13.1 Å². The number of nitrogens with one attached hydrogen (secondary N) is 3. The largest absolute Gasteiger partial charge is 0.465 e. The van der Waals surface area contributed by atoms with Gasteiger partial charge in [0.15, 0.2) is 11.6 Å². The van der Waals surface area contributed by atoms with Crippen LogP contribution in [0.2, 0.25) is 0 Å². The van der Waals surface area contributed by atoms with Crippen LogP contribution in [0.15, 0.2) is 36.9 Å². The van der Waals surface area contributed by atoms with E-state index in [2.05, 4.69) is 31.0 Å². The number of rotatable bonds is 7. The molecule has 34 heavy (non-hydrogen) atoms. The van der Waals surface area contributed by atoms with Crippen molar-refractivity contribution in [2.24, 2.45) is 5.73 Å². The molecule has 178 valence electrons. The van der Waals surface area contributed by atoms with E-state index in [1.165, 1.54) is 6.20 Å². The Morgan fingerprint density at radius 1 is 1.15 bits per heavy atom. The second-order valence-corrected chi connectivity index (χ2v) is 8.19.